The van der Waals surface area contributed by atoms with Crippen LogP contribution in [-0.4, -0.2) is 35.1 Å². The van der Waals surface area contributed by atoms with E-state index in [1.54, 1.807) is 0 Å². The summed E-state index contributed by atoms with van der Waals surface area (Å²) in [6.07, 6.45) is 5.84. The van der Waals surface area contributed by atoms with Crippen LogP contribution in [0.3, 0.4) is 0 Å². The van der Waals surface area contributed by atoms with E-state index in [-0.39, 0.29) is 0 Å². The van der Waals surface area contributed by atoms with Crippen LogP contribution < -0.4 is 5.32 Å². The Morgan fingerprint density at radius 3 is 3.25 bits per heavy atom. The zero-order valence-corrected chi connectivity index (χ0v) is 6.53. The third kappa shape index (κ3) is 1.05. The number of carboxylic acids is 1. The quantitative estimate of drug-likeness (QED) is 0.564. The fourth-order valence-corrected chi connectivity index (χ4v) is 1.45. The van der Waals surface area contributed by atoms with Gasteiger partial charge < -0.3 is 15.3 Å². The van der Waals surface area contributed by atoms with Gasteiger partial charge in [0.1, 0.15) is 11.9 Å². The van der Waals surface area contributed by atoms with Gasteiger partial charge in [-0.3, -0.25) is 0 Å². The SMILES string of the molecule is O=C(O)C1CN2CC=CC=C2N1. The number of hydrogen-bond donors (Lipinski definition) is 2. The highest BCUT2D eigenvalue weighted by Gasteiger charge is 2.30. The van der Waals surface area contributed by atoms with Crippen molar-refractivity contribution in [2.45, 2.75) is 6.04 Å². The molecular formula is C8H10N2O2. The third-order valence-electron chi connectivity index (χ3n) is 2.08. The van der Waals surface area contributed by atoms with Crippen LogP contribution in [0.5, 0.6) is 0 Å². The summed E-state index contributed by atoms with van der Waals surface area (Å²) in [4.78, 5) is 12.6. The topological polar surface area (TPSA) is 52.6 Å². The second kappa shape index (κ2) is 2.55. The first-order valence-corrected chi connectivity index (χ1v) is 3.88. The second-order valence-corrected chi connectivity index (χ2v) is 2.92. The molecule has 2 aliphatic rings. The molecule has 0 spiro atoms. The van der Waals surface area contributed by atoms with Gasteiger partial charge in [0.2, 0.25) is 0 Å². The number of rotatable bonds is 1. The Bertz CT molecular complexity index is 270. The molecule has 64 valence electrons. The highest BCUT2D eigenvalue weighted by molar-refractivity contribution is 5.74. The van der Waals surface area contributed by atoms with Crippen LogP contribution in [0.4, 0.5) is 0 Å². The molecule has 2 aliphatic heterocycles. The van der Waals surface area contributed by atoms with Crippen molar-refractivity contribution < 1.29 is 9.90 Å². The Kier molecular flexibility index (Phi) is 1.53. The number of aliphatic carboxylic acids is 1. The molecule has 1 unspecified atom stereocenters. The van der Waals surface area contributed by atoms with Crippen molar-refractivity contribution in [3.63, 3.8) is 0 Å². The second-order valence-electron chi connectivity index (χ2n) is 2.92. The first-order chi connectivity index (χ1) is 5.77. The van der Waals surface area contributed by atoms with E-state index in [0.29, 0.717) is 6.54 Å². The van der Waals surface area contributed by atoms with Crippen molar-refractivity contribution in [1.29, 1.82) is 0 Å². The molecule has 0 amide bonds. The first-order valence-electron chi connectivity index (χ1n) is 3.88. The van der Waals surface area contributed by atoms with Crippen LogP contribution in [-0.2, 0) is 4.79 Å². The average Bonchev–Trinajstić information content (AvgIpc) is 2.46. The fourth-order valence-electron chi connectivity index (χ4n) is 1.45. The molecule has 0 aromatic carbocycles. The van der Waals surface area contributed by atoms with Gasteiger partial charge in [-0.1, -0.05) is 12.2 Å². The monoisotopic (exact) mass is 166 g/mol. The molecule has 2 heterocycles. The van der Waals surface area contributed by atoms with Crippen molar-refractivity contribution in [3.8, 4) is 0 Å². The van der Waals surface area contributed by atoms with Crippen molar-refractivity contribution in [3.05, 3.63) is 24.0 Å². The maximum absolute atomic E-state index is 10.6. The van der Waals surface area contributed by atoms with Crippen LogP contribution in [0.2, 0.25) is 0 Å². The van der Waals surface area contributed by atoms with Crippen LogP contribution in [0.15, 0.2) is 24.0 Å². The van der Waals surface area contributed by atoms with Crippen LogP contribution in [0, 0.1) is 0 Å². The van der Waals surface area contributed by atoms with Gasteiger partial charge in [0.25, 0.3) is 0 Å². The van der Waals surface area contributed by atoms with Crippen molar-refractivity contribution in [2.75, 3.05) is 13.1 Å². The van der Waals surface area contributed by atoms with E-state index in [1.165, 1.54) is 0 Å². The Balaban J connectivity index is 2.12. The van der Waals surface area contributed by atoms with Gasteiger partial charge >= 0.3 is 5.97 Å². The average molecular weight is 166 g/mol. The third-order valence-corrected chi connectivity index (χ3v) is 2.08. The van der Waals surface area contributed by atoms with Gasteiger partial charge in [0.05, 0.1) is 6.54 Å². The molecule has 0 aromatic rings. The van der Waals surface area contributed by atoms with E-state index < -0.39 is 12.0 Å². The zero-order valence-electron chi connectivity index (χ0n) is 6.53. The summed E-state index contributed by atoms with van der Waals surface area (Å²) < 4.78 is 0. The number of carbonyl (C=O) groups is 1. The van der Waals surface area contributed by atoms with Crippen LogP contribution in [0.1, 0.15) is 0 Å². The van der Waals surface area contributed by atoms with E-state index >= 15 is 0 Å². The lowest BCUT2D eigenvalue weighted by atomic mass is 10.3. The van der Waals surface area contributed by atoms with Gasteiger partial charge in [0, 0.05) is 6.54 Å². The molecule has 1 saturated heterocycles. The zero-order chi connectivity index (χ0) is 8.55. The highest BCUT2D eigenvalue weighted by atomic mass is 16.4. The minimum absolute atomic E-state index is 0.448. The molecule has 4 nitrogen and oxygen atoms in total. The smallest absolute Gasteiger partial charge is 0.328 e. The summed E-state index contributed by atoms with van der Waals surface area (Å²) >= 11 is 0. The molecule has 1 atom stereocenters. The molecule has 0 aromatic heterocycles. The van der Waals surface area contributed by atoms with Crippen molar-refractivity contribution >= 4 is 5.97 Å². The minimum atomic E-state index is -0.787. The lowest BCUT2D eigenvalue weighted by Gasteiger charge is -2.18. The number of nitrogens with one attached hydrogen (secondary N) is 1. The summed E-state index contributed by atoms with van der Waals surface area (Å²) in [7, 11) is 0. The summed E-state index contributed by atoms with van der Waals surface area (Å²) in [5.41, 5.74) is 0. The van der Waals surface area contributed by atoms with Gasteiger partial charge in [-0.2, -0.15) is 0 Å². The number of nitrogens with zero attached hydrogens (tertiary/aromatic N) is 1. The molecule has 1 fully saturated rings. The predicted octanol–water partition coefficient (Wildman–Crippen LogP) is -0.244. The number of hydrogen-bond acceptors (Lipinski definition) is 3. The molecule has 4 heteroatoms. The van der Waals surface area contributed by atoms with Gasteiger partial charge in [-0.05, 0) is 6.08 Å². The summed E-state index contributed by atoms with van der Waals surface area (Å²) in [6.45, 7) is 1.37. The normalized spacial score (nSPS) is 26.2. The molecule has 0 bridgehead atoms. The molecule has 0 radical (unpaired) electrons. The van der Waals surface area contributed by atoms with E-state index in [1.807, 2.05) is 23.1 Å². The fraction of sp³-hybridized carbons (Fsp3) is 0.375. The standard InChI is InChI=1S/C8H10N2O2/c11-8(12)6-5-10-4-2-1-3-7(10)9-6/h1-3,6,9H,4-5H2,(H,11,12). The Hall–Kier alpha value is -1.45. The lowest BCUT2D eigenvalue weighted by molar-refractivity contribution is -0.138. The maximum Gasteiger partial charge on any atom is 0.328 e. The number of fused-ring (bicyclic) bond motifs is 1. The highest BCUT2D eigenvalue weighted by Crippen LogP contribution is 2.15. The van der Waals surface area contributed by atoms with E-state index in [0.717, 1.165) is 12.4 Å². The minimum Gasteiger partial charge on any atom is -0.480 e. The maximum atomic E-state index is 10.6. The number of carboxylic acid groups (broad SMARTS) is 1. The molecule has 2 rings (SSSR count). The predicted molar refractivity (Wildman–Crippen MR) is 43.4 cm³/mol. The van der Waals surface area contributed by atoms with E-state index in [4.69, 9.17) is 5.11 Å². The van der Waals surface area contributed by atoms with Gasteiger partial charge in [-0.15, -0.1) is 0 Å². The summed E-state index contributed by atoms with van der Waals surface area (Å²) in [5.74, 6) is 0.134. The van der Waals surface area contributed by atoms with E-state index in [9.17, 15) is 4.79 Å². The number of allylic oxidation sites excluding steroid dienone is 2. The summed E-state index contributed by atoms with van der Waals surface area (Å²) in [6, 6.07) is -0.448. The Morgan fingerprint density at radius 2 is 2.58 bits per heavy atom. The molecule has 0 saturated carbocycles. The van der Waals surface area contributed by atoms with Crippen LogP contribution in [0.25, 0.3) is 0 Å². The Morgan fingerprint density at radius 1 is 1.75 bits per heavy atom. The molecular weight excluding hydrogens is 156 g/mol. The molecule has 12 heavy (non-hydrogen) atoms. The largest absolute Gasteiger partial charge is 0.480 e. The Labute approximate surface area is 70.2 Å². The van der Waals surface area contributed by atoms with Crippen molar-refractivity contribution in [1.82, 2.24) is 10.2 Å². The van der Waals surface area contributed by atoms with Crippen LogP contribution >= 0.6 is 0 Å². The van der Waals surface area contributed by atoms with E-state index in [2.05, 4.69) is 5.32 Å². The molecule has 0 aliphatic carbocycles. The van der Waals surface area contributed by atoms with Crippen molar-refractivity contribution in [2.24, 2.45) is 0 Å². The summed E-state index contributed by atoms with van der Waals surface area (Å²) in [5, 5.41) is 11.7. The van der Waals surface area contributed by atoms with Gasteiger partial charge in [-0.25, -0.2) is 4.79 Å². The van der Waals surface area contributed by atoms with Gasteiger partial charge in [0.15, 0.2) is 0 Å². The lowest BCUT2D eigenvalue weighted by Crippen LogP contribution is -2.32. The molecule has 2 N–H and O–H groups in total. The first kappa shape index (κ1) is 7.21.